The molecular formula is C17H16ClN5. The highest BCUT2D eigenvalue weighted by molar-refractivity contribution is 6.30. The average Bonchev–Trinajstić information content (AvgIpc) is 2.58. The first-order chi connectivity index (χ1) is 11.2. The zero-order valence-electron chi connectivity index (χ0n) is 12.8. The summed E-state index contributed by atoms with van der Waals surface area (Å²) in [5.74, 6) is 1.22. The van der Waals surface area contributed by atoms with E-state index < -0.39 is 0 Å². The van der Waals surface area contributed by atoms with Gasteiger partial charge in [-0.1, -0.05) is 17.7 Å². The first-order valence-corrected chi connectivity index (χ1v) is 7.54. The quantitative estimate of drug-likeness (QED) is 0.749. The standard InChI is InChI=1S/C17H16ClN5/c1-11-5-6-13(18)8-14(11)21-16-9-15(22-17(19-2)23-16)12-4-3-7-20-10-12/h3-10H,1-2H3,(H2,19,21,22,23). The second kappa shape index (κ2) is 6.62. The number of aromatic nitrogens is 3. The Morgan fingerprint density at radius 2 is 1.96 bits per heavy atom. The lowest BCUT2D eigenvalue weighted by atomic mass is 10.2. The zero-order chi connectivity index (χ0) is 16.2. The first kappa shape index (κ1) is 15.2. The summed E-state index contributed by atoms with van der Waals surface area (Å²) in [7, 11) is 1.79. The Labute approximate surface area is 139 Å². The number of benzene rings is 1. The molecule has 2 heterocycles. The molecule has 0 aliphatic carbocycles. The Morgan fingerprint density at radius 1 is 1.09 bits per heavy atom. The Bertz CT molecular complexity index is 820. The molecule has 0 amide bonds. The average molecular weight is 326 g/mol. The molecule has 116 valence electrons. The molecule has 2 N–H and O–H groups in total. The van der Waals surface area contributed by atoms with Gasteiger partial charge in [-0.25, -0.2) is 4.98 Å². The molecule has 3 aromatic rings. The van der Waals surface area contributed by atoms with E-state index in [2.05, 4.69) is 25.6 Å². The molecule has 0 saturated heterocycles. The molecule has 6 heteroatoms. The second-order valence-electron chi connectivity index (χ2n) is 5.04. The third-order valence-corrected chi connectivity index (χ3v) is 3.60. The fraction of sp³-hybridized carbons (Fsp3) is 0.118. The maximum atomic E-state index is 6.08. The minimum absolute atomic E-state index is 0.536. The van der Waals surface area contributed by atoms with Crippen molar-refractivity contribution in [3.05, 3.63) is 59.4 Å². The van der Waals surface area contributed by atoms with Gasteiger partial charge in [-0.05, 0) is 36.8 Å². The predicted octanol–water partition coefficient (Wildman–Crippen LogP) is 4.29. The molecule has 0 aliphatic heterocycles. The van der Waals surface area contributed by atoms with Crippen molar-refractivity contribution in [3.8, 4) is 11.3 Å². The number of aryl methyl sites for hydroxylation is 1. The van der Waals surface area contributed by atoms with Crippen LogP contribution >= 0.6 is 11.6 Å². The number of halogens is 1. The molecule has 5 nitrogen and oxygen atoms in total. The smallest absolute Gasteiger partial charge is 0.224 e. The first-order valence-electron chi connectivity index (χ1n) is 7.16. The van der Waals surface area contributed by atoms with Gasteiger partial charge in [0.1, 0.15) is 5.82 Å². The molecule has 0 fully saturated rings. The Balaban J connectivity index is 2.00. The number of pyridine rings is 1. The van der Waals surface area contributed by atoms with Crippen LogP contribution in [0.4, 0.5) is 17.5 Å². The highest BCUT2D eigenvalue weighted by Gasteiger charge is 2.08. The monoisotopic (exact) mass is 325 g/mol. The van der Waals surface area contributed by atoms with E-state index in [0.29, 0.717) is 16.8 Å². The second-order valence-corrected chi connectivity index (χ2v) is 5.47. The minimum Gasteiger partial charge on any atom is -0.357 e. The van der Waals surface area contributed by atoms with Crippen LogP contribution in [0.5, 0.6) is 0 Å². The fourth-order valence-corrected chi connectivity index (χ4v) is 2.32. The van der Waals surface area contributed by atoms with Gasteiger partial charge in [-0.3, -0.25) is 4.98 Å². The van der Waals surface area contributed by atoms with Crippen LogP contribution < -0.4 is 10.6 Å². The number of nitrogens with zero attached hydrogens (tertiary/aromatic N) is 3. The van der Waals surface area contributed by atoms with Crippen molar-refractivity contribution in [1.82, 2.24) is 15.0 Å². The number of hydrogen-bond acceptors (Lipinski definition) is 5. The van der Waals surface area contributed by atoms with E-state index in [1.807, 2.05) is 43.3 Å². The van der Waals surface area contributed by atoms with Crippen LogP contribution in [-0.2, 0) is 0 Å². The highest BCUT2D eigenvalue weighted by atomic mass is 35.5. The summed E-state index contributed by atoms with van der Waals surface area (Å²) in [6.45, 7) is 2.01. The van der Waals surface area contributed by atoms with Crippen molar-refractivity contribution >= 4 is 29.1 Å². The van der Waals surface area contributed by atoms with E-state index in [9.17, 15) is 0 Å². The van der Waals surface area contributed by atoms with Crippen molar-refractivity contribution < 1.29 is 0 Å². The van der Waals surface area contributed by atoms with E-state index in [1.165, 1.54) is 0 Å². The molecule has 0 atom stereocenters. The molecule has 0 unspecified atom stereocenters. The molecular weight excluding hydrogens is 310 g/mol. The number of nitrogens with one attached hydrogen (secondary N) is 2. The molecule has 0 aliphatic rings. The van der Waals surface area contributed by atoms with E-state index >= 15 is 0 Å². The molecule has 1 aromatic carbocycles. The van der Waals surface area contributed by atoms with E-state index in [4.69, 9.17) is 11.6 Å². The van der Waals surface area contributed by atoms with E-state index in [-0.39, 0.29) is 0 Å². The van der Waals surface area contributed by atoms with Crippen LogP contribution in [0.25, 0.3) is 11.3 Å². The lowest BCUT2D eigenvalue weighted by Crippen LogP contribution is -2.03. The minimum atomic E-state index is 0.536. The summed E-state index contributed by atoms with van der Waals surface area (Å²) >= 11 is 6.08. The van der Waals surface area contributed by atoms with Crippen molar-refractivity contribution in [1.29, 1.82) is 0 Å². The third-order valence-electron chi connectivity index (χ3n) is 3.37. The summed E-state index contributed by atoms with van der Waals surface area (Å²) in [6, 6.07) is 11.4. The summed E-state index contributed by atoms with van der Waals surface area (Å²) in [5, 5.41) is 6.96. The summed E-state index contributed by atoms with van der Waals surface area (Å²) < 4.78 is 0. The number of rotatable bonds is 4. The van der Waals surface area contributed by atoms with Gasteiger partial charge in [0.25, 0.3) is 0 Å². The normalized spacial score (nSPS) is 10.4. The fourth-order valence-electron chi connectivity index (χ4n) is 2.15. The number of hydrogen-bond donors (Lipinski definition) is 2. The van der Waals surface area contributed by atoms with Gasteiger partial charge in [0.2, 0.25) is 5.95 Å². The van der Waals surface area contributed by atoms with Gasteiger partial charge in [0.15, 0.2) is 0 Å². The van der Waals surface area contributed by atoms with Crippen LogP contribution in [0.2, 0.25) is 5.02 Å². The molecule has 23 heavy (non-hydrogen) atoms. The van der Waals surface area contributed by atoms with E-state index in [0.717, 1.165) is 22.5 Å². The van der Waals surface area contributed by atoms with Gasteiger partial charge in [0, 0.05) is 41.8 Å². The summed E-state index contributed by atoms with van der Waals surface area (Å²) in [4.78, 5) is 13.1. The van der Waals surface area contributed by atoms with Crippen LogP contribution in [0.1, 0.15) is 5.56 Å². The molecule has 0 spiro atoms. The molecule has 0 radical (unpaired) electrons. The SMILES string of the molecule is CNc1nc(Nc2cc(Cl)ccc2C)cc(-c2cccnc2)n1. The highest BCUT2D eigenvalue weighted by Crippen LogP contribution is 2.26. The molecule has 0 bridgehead atoms. The molecule has 3 rings (SSSR count). The maximum Gasteiger partial charge on any atom is 0.224 e. The van der Waals surface area contributed by atoms with Crippen molar-refractivity contribution in [2.75, 3.05) is 17.7 Å². The summed E-state index contributed by atoms with van der Waals surface area (Å²) in [5.41, 5.74) is 3.72. The Hall–Kier alpha value is -2.66. The zero-order valence-corrected chi connectivity index (χ0v) is 13.6. The maximum absolute atomic E-state index is 6.08. The van der Waals surface area contributed by atoms with Crippen LogP contribution in [-0.4, -0.2) is 22.0 Å². The van der Waals surface area contributed by atoms with Crippen LogP contribution in [0.15, 0.2) is 48.8 Å². The van der Waals surface area contributed by atoms with Crippen LogP contribution in [0.3, 0.4) is 0 Å². The lowest BCUT2D eigenvalue weighted by molar-refractivity contribution is 1.15. The molecule has 2 aromatic heterocycles. The van der Waals surface area contributed by atoms with Crippen molar-refractivity contribution in [2.45, 2.75) is 6.92 Å². The topological polar surface area (TPSA) is 62.7 Å². The van der Waals surface area contributed by atoms with Crippen molar-refractivity contribution in [3.63, 3.8) is 0 Å². The van der Waals surface area contributed by atoms with Gasteiger partial charge >= 0.3 is 0 Å². The third kappa shape index (κ3) is 3.57. The lowest BCUT2D eigenvalue weighted by Gasteiger charge is -2.12. The van der Waals surface area contributed by atoms with Crippen LogP contribution in [0, 0.1) is 6.92 Å². The largest absolute Gasteiger partial charge is 0.357 e. The van der Waals surface area contributed by atoms with Crippen molar-refractivity contribution in [2.24, 2.45) is 0 Å². The van der Waals surface area contributed by atoms with Gasteiger partial charge in [-0.2, -0.15) is 4.98 Å². The van der Waals surface area contributed by atoms with Gasteiger partial charge in [0.05, 0.1) is 5.69 Å². The van der Waals surface area contributed by atoms with E-state index in [1.54, 1.807) is 19.4 Å². The van der Waals surface area contributed by atoms with Gasteiger partial charge in [-0.15, -0.1) is 0 Å². The Kier molecular flexibility index (Phi) is 4.39. The van der Waals surface area contributed by atoms with Gasteiger partial charge < -0.3 is 10.6 Å². The Morgan fingerprint density at radius 3 is 2.70 bits per heavy atom. The predicted molar refractivity (Wildman–Crippen MR) is 94.3 cm³/mol. The summed E-state index contributed by atoms with van der Waals surface area (Å²) in [6.07, 6.45) is 3.51. The number of anilines is 3. The molecule has 0 saturated carbocycles.